The van der Waals surface area contributed by atoms with E-state index in [1.54, 1.807) is 17.0 Å². The number of nitrogens with zero attached hydrogens (tertiary/aromatic N) is 8. The minimum atomic E-state index is -4.48. The zero-order valence-corrected chi connectivity index (χ0v) is 24.1. The number of halogens is 6. The molecule has 6 rings (SSSR count). The summed E-state index contributed by atoms with van der Waals surface area (Å²) in [7, 11) is 0. The predicted octanol–water partition coefficient (Wildman–Crippen LogP) is 5.52. The number of imidazole rings is 2. The first-order valence-electron chi connectivity index (χ1n) is 13.8. The van der Waals surface area contributed by atoms with E-state index in [2.05, 4.69) is 25.3 Å². The largest absolute Gasteiger partial charge is 0.408 e. The minimum absolute atomic E-state index is 0.0204. The molecule has 234 valence electrons. The first kappa shape index (κ1) is 30.1. The highest BCUT2D eigenvalue weighted by Crippen LogP contribution is 2.40. The summed E-state index contributed by atoms with van der Waals surface area (Å²) in [5.74, 6) is -0.0777. The molecule has 5 heterocycles. The van der Waals surface area contributed by atoms with Crippen LogP contribution in [0.2, 0.25) is 0 Å². The van der Waals surface area contributed by atoms with Crippen LogP contribution < -0.4 is 10.2 Å². The van der Waals surface area contributed by atoms with Gasteiger partial charge in [0.05, 0.1) is 36.1 Å². The molecule has 1 atom stereocenters. The standard InChI is InChI=1S/C27H27F6N9OS/c1-16(27(31,32)33)42-5-4-34-23(42)25-38-22(13-44-25)37-24(43)18-10-20(41-12-19(36-15-41)17-2-3-17)21(11-35-18)40-8-6-39(7-9-40)14-26(28,29)30/h4-5,10-13,15-17H,2-3,6-9,14H2,1H3,(H,37,43)/t16-/m0/s1. The second kappa shape index (κ2) is 11.5. The molecule has 0 spiro atoms. The maximum absolute atomic E-state index is 13.3. The number of piperazine rings is 1. The predicted molar refractivity (Wildman–Crippen MR) is 150 cm³/mol. The topological polar surface area (TPSA) is 97.0 Å². The molecule has 2 aliphatic rings. The number of anilines is 2. The highest BCUT2D eigenvalue weighted by atomic mass is 32.1. The van der Waals surface area contributed by atoms with Crippen LogP contribution in [0.15, 0.2) is 42.6 Å². The zero-order chi connectivity index (χ0) is 31.2. The van der Waals surface area contributed by atoms with Crippen molar-refractivity contribution in [3.05, 3.63) is 53.9 Å². The second-order valence-electron chi connectivity index (χ2n) is 10.8. The summed E-state index contributed by atoms with van der Waals surface area (Å²) in [6.07, 6.45) is 0.846. The molecule has 1 aliphatic heterocycles. The van der Waals surface area contributed by atoms with Gasteiger partial charge in [0.1, 0.15) is 17.6 Å². The van der Waals surface area contributed by atoms with Crippen molar-refractivity contribution in [1.29, 1.82) is 0 Å². The lowest BCUT2D eigenvalue weighted by Gasteiger charge is -2.37. The first-order chi connectivity index (χ1) is 20.9. The van der Waals surface area contributed by atoms with Crippen LogP contribution >= 0.6 is 11.3 Å². The summed E-state index contributed by atoms with van der Waals surface area (Å²) in [6.45, 7) is 1.15. The number of carbonyl (C=O) groups excluding carboxylic acids is 1. The number of aromatic nitrogens is 6. The molecular weight excluding hydrogens is 612 g/mol. The van der Waals surface area contributed by atoms with Gasteiger partial charge in [-0.25, -0.2) is 19.9 Å². The van der Waals surface area contributed by atoms with E-state index in [9.17, 15) is 31.1 Å². The van der Waals surface area contributed by atoms with Gasteiger partial charge in [-0.2, -0.15) is 26.3 Å². The Balaban J connectivity index is 1.23. The maximum Gasteiger partial charge on any atom is 0.408 e. The molecule has 1 saturated carbocycles. The lowest BCUT2D eigenvalue weighted by molar-refractivity contribution is -0.162. The number of amides is 1. The van der Waals surface area contributed by atoms with E-state index in [-0.39, 0.29) is 35.4 Å². The zero-order valence-electron chi connectivity index (χ0n) is 23.3. The average molecular weight is 640 g/mol. The number of rotatable bonds is 8. The summed E-state index contributed by atoms with van der Waals surface area (Å²) < 4.78 is 81.4. The van der Waals surface area contributed by atoms with Crippen LogP contribution in [-0.4, -0.2) is 85.0 Å². The monoisotopic (exact) mass is 639 g/mol. The number of carbonyl (C=O) groups is 1. The van der Waals surface area contributed by atoms with Gasteiger partial charge in [0.25, 0.3) is 5.91 Å². The number of pyridine rings is 1. The molecule has 1 saturated heterocycles. The molecule has 1 N–H and O–H groups in total. The Morgan fingerprint density at radius 1 is 1.07 bits per heavy atom. The molecule has 17 heteroatoms. The van der Waals surface area contributed by atoms with Gasteiger partial charge in [-0.1, -0.05) is 0 Å². The molecule has 0 radical (unpaired) electrons. The summed E-state index contributed by atoms with van der Waals surface area (Å²) in [6, 6.07) is -0.241. The Morgan fingerprint density at radius 2 is 1.82 bits per heavy atom. The van der Waals surface area contributed by atoms with Gasteiger partial charge in [0.2, 0.25) is 0 Å². The van der Waals surface area contributed by atoms with Gasteiger partial charge >= 0.3 is 12.4 Å². The minimum Gasteiger partial charge on any atom is -0.366 e. The molecule has 44 heavy (non-hydrogen) atoms. The van der Waals surface area contributed by atoms with Crippen LogP contribution in [-0.2, 0) is 0 Å². The summed E-state index contributed by atoms with van der Waals surface area (Å²) in [5, 5.41) is 4.34. The number of alkyl halides is 6. The van der Waals surface area contributed by atoms with Gasteiger partial charge in [-0.05, 0) is 25.8 Å². The van der Waals surface area contributed by atoms with Crippen LogP contribution in [0.25, 0.3) is 16.5 Å². The number of hydrogen-bond donors (Lipinski definition) is 1. The van der Waals surface area contributed by atoms with Gasteiger partial charge in [0, 0.05) is 56.1 Å². The van der Waals surface area contributed by atoms with Crippen molar-refractivity contribution in [2.45, 2.75) is 44.1 Å². The van der Waals surface area contributed by atoms with Gasteiger partial charge in [0.15, 0.2) is 10.8 Å². The SMILES string of the molecule is C[C@H](n1ccnc1-c1nc(NC(=O)c2cc(-n3cnc(C4CC4)c3)c(N3CCN(CC(F)(F)F)CC3)cn2)cs1)C(F)(F)F. The lowest BCUT2D eigenvalue weighted by atomic mass is 10.2. The van der Waals surface area contributed by atoms with E-state index in [0.717, 1.165) is 41.4 Å². The van der Waals surface area contributed by atoms with Gasteiger partial charge < -0.3 is 19.4 Å². The Bertz CT molecular complexity index is 1630. The van der Waals surface area contributed by atoms with E-state index in [4.69, 9.17) is 0 Å². The molecule has 4 aromatic heterocycles. The van der Waals surface area contributed by atoms with Crippen LogP contribution in [0.1, 0.15) is 47.9 Å². The summed E-state index contributed by atoms with van der Waals surface area (Å²) in [5.41, 5.74) is 2.20. The molecule has 1 amide bonds. The van der Waals surface area contributed by atoms with Crippen LogP contribution in [0.5, 0.6) is 0 Å². The Hall–Kier alpha value is -3.99. The molecule has 0 unspecified atom stereocenters. The van der Waals surface area contributed by atoms with Crippen molar-refractivity contribution < 1.29 is 31.1 Å². The molecule has 0 bridgehead atoms. The number of thiazole rings is 1. The van der Waals surface area contributed by atoms with Crippen LogP contribution in [0, 0.1) is 0 Å². The van der Waals surface area contributed by atoms with E-state index in [1.807, 2.05) is 11.1 Å². The van der Waals surface area contributed by atoms with E-state index >= 15 is 0 Å². The quantitative estimate of drug-likeness (QED) is 0.254. The molecule has 1 aliphatic carbocycles. The van der Waals surface area contributed by atoms with Gasteiger partial charge in [-0.15, -0.1) is 11.3 Å². The first-order valence-corrected chi connectivity index (χ1v) is 14.7. The van der Waals surface area contributed by atoms with Crippen LogP contribution in [0.4, 0.5) is 37.8 Å². The highest BCUT2D eigenvalue weighted by Gasteiger charge is 2.39. The molecule has 2 fully saturated rings. The fraction of sp³-hybridized carbons (Fsp3) is 0.444. The molecule has 10 nitrogen and oxygen atoms in total. The third-order valence-electron chi connectivity index (χ3n) is 7.58. The van der Waals surface area contributed by atoms with Crippen molar-refractivity contribution >= 4 is 28.7 Å². The molecular formula is C27H27F6N9OS. The highest BCUT2D eigenvalue weighted by molar-refractivity contribution is 7.13. The maximum atomic E-state index is 13.3. The van der Waals surface area contributed by atoms with Crippen molar-refractivity contribution in [2.75, 3.05) is 42.9 Å². The van der Waals surface area contributed by atoms with E-state index < -0.39 is 30.8 Å². The van der Waals surface area contributed by atoms with Crippen molar-refractivity contribution in [2.24, 2.45) is 0 Å². The molecule has 0 aromatic carbocycles. The van der Waals surface area contributed by atoms with Crippen molar-refractivity contribution in [1.82, 2.24) is 34.0 Å². The Labute approximate surface area is 251 Å². The van der Waals surface area contributed by atoms with E-state index in [0.29, 0.717) is 30.4 Å². The second-order valence-corrected chi connectivity index (χ2v) is 11.6. The fourth-order valence-corrected chi connectivity index (χ4v) is 5.78. The van der Waals surface area contributed by atoms with Crippen molar-refractivity contribution in [3.8, 4) is 16.5 Å². The van der Waals surface area contributed by atoms with Crippen molar-refractivity contribution in [3.63, 3.8) is 0 Å². The average Bonchev–Trinajstić information content (AvgIpc) is 3.33. The summed E-state index contributed by atoms with van der Waals surface area (Å²) >= 11 is 1.03. The lowest BCUT2D eigenvalue weighted by Crippen LogP contribution is -2.49. The number of hydrogen-bond acceptors (Lipinski definition) is 8. The smallest absolute Gasteiger partial charge is 0.366 e. The van der Waals surface area contributed by atoms with E-state index in [1.165, 1.54) is 28.9 Å². The molecule has 4 aromatic rings. The fourth-order valence-electron chi connectivity index (χ4n) is 5.04. The summed E-state index contributed by atoms with van der Waals surface area (Å²) in [4.78, 5) is 33.7. The van der Waals surface area contributed by atoms with Crippen LogP contribution in [0.3, 0.4) is 0 Å². The third-order valence-corrected chi connectivity index (χ3v) is 8.42. The Kier molecular flexibility index (Phi) is 7.85. The Morgan fingerprint density at radius 3 is 2.50 bits per heavy atom. The van der Waals surface area contributed by atoms with Gasteiger partial charge in [-0.3, -0.25) is 9.69 Å². The number of nitrogens with one attached hydrogen (secondary N) is 1. The normalized spacial score (nSPS) is 17.2. The third kappa shape index (κ3) is 6.57.